The second kappa shape index (κ2) is 9.48. The number of nitrogens with zero attached hydrogens (tertiary/aromatic N) is 2. The van der Waals surface area contributed by atoms with Crippen LogP contribution in [-0.4, -0.2) is 40.5 Å². The van der Waals surface area contributed by atoms with E-state index in [2.05, 4.69) is 15.6 Å². The molecule has 0 atom stereocenters. The zero-order valence-corrected chi connectivity index (χ0v) is 17.3. The first-order valence-electron chi connectivity index (χ1n) is 9.85. The topological polar surface area (TPSA) is 133 Å². The summed E-state index contributed by atoms with van der Waals surface area (Å²) in [5.41, 5.74) is 0.252. The Labute approximate surface area is 189 Å². The van der Waals surface area contributed by atoms with Gasteiger partial charge in [0, 0.05) is 17.1 Å². The van der Waals surface area contributed by atoms with Crippen molar-refractivity contribution in [2.45, 2.75) is 6.54 Å². The second-order valence-electron chi connectivity index (χ2n) is 7.07. The number of benzene rings is 2. The maximum atomic E-state index is 13.2. The molecular weight excluding hydrogens is 454 g/mol. The summed E-state index contributed by atoms with van der Waals surface area (Å²) in [6, 6.07) is 9.75. The van der Waals surface area contributed by atoms with Gasteiger partial charge < -0.3 is 19.8 Å². The number of fused-ring (bicyclic) bond motifs is 3. The lowest BCUT2D eigenvalue weighted by atomic mass is 10.2. The van der Waals surface area contributed by atoms with E-state index in [1.54, 1.807) is 24.3 Å². The Bertz CT molecular complexity index is 1480. The largest absolute Gasteiger partial charge is 0.454 e. The van der Waals surface area contributed by atoms with Crippen molar-refractivity contribution < 1.29 is 32.3 Å². The van der Waals surface area contributed by atoms with Crippen LogP contribution in [0.25, 0.3) is 22.1 Å². The molecule has 0 spiro atoms. The number of anilines is 1. The molecule has 0 bridgehead atoms. The fourth-order valence-corrected chi connectivity index (χ4v) is 3.07. The van der Waals surface area contributed by atoms with Crippen molar-refractivity contribution in [1.82, 2.24) is 14.9 Å². The normalized spacial score (nSPS) is 10.9. The molecule has 0 aliphatic heterocycles. The Balaban J connectivity index is 1.27. The highest BCUT2D eigenvalue weighted by Gasteiger charge is 2.16. The summed E-state index contributed by atoms with van der Waals surface area (Å²) in [5, 5.41) is 5.14. The van der Waals surface area contributed by atoms with E-state index in [4.69, 9.17) is 9.15 Å². The highest BCUT2D eigenvalue weighted by Crippen LogP contribution is 2.24. The van der Waals surface area contributed by atoms with Gasteiger partial charge >= 0.3 is 5.97 Å². The van der Waals surface area contributed by atoms with Crippen molar-refractivity contribution in [3.8, 4) is 0 Å². The molecule has 0 saturated carbocycles. The average Bonchev–Trinajstić information content (AvgIpc) is 3.20. The Morgan fingerprint density at radius 3 is 2.65 bits per heavy atom. The number of hydrogen-bond donors (Lipinski definition) is 2. The van der Waals surface area contributed by atoms with Crippen LogP contribution in [0.3, 0.4) is 0 Å². The van der Waals surface area contributed by atoms with E-state index < -0.39 is 54.7 Å². The molecular formula is C22H16F2N4O6. The maximum absolute atomic E-state index is 13.2. The number of amides is 2. The Morgan fingerprint density at radius 2 is 1.85 bits per heavy atom. The molecule has 0 unspecified atom stereocenters. The second-order valence-corrected chi connectivity index (χ2v) is 7.07. The Morgan fingerprint density at radius 1 is 1.06 bits per heavy atom. The highest BCUT2D eigenvalue weighted by atomic mass is 19.2. The van der Waals surface area contributed by atoms with Gasteiger partial charge in [0.2, 0.25) is 11.5 Å². The van der Waals surface area contributed by atoms with Gasteiger partial charge in [-0.15, -0.1) is 0 Å². The summed E-state index contributed by atoms with van der Waals surface area (Å²) in [5.74, 6) is -4.58. The van der Waals surface area contributed by atoms with Crippen LogP contribution in [0.15, 0.2) is 58.0 Å². The maximum Gasteiger partial charge on any atom is 0.326 e. The van der Waals surface area contributed by atoms with Crippen molar-refractivity contribution >= 4 is 45.5 Å². The summed E-state index contributed by atoms with van der Waals surface area (Å²) in [4.78, 5) is 52.4. The van der Waals surface area contributed by atoms with Gasteiger partial charge in [-0.3, -0.25) is 23.7 Å². The number of ether oxygens (including phenoxy) is 1. The minimum atomic E-state index is -1.14. The minimum Gasteiger partial charge on any atom is -0.454 e. The zero-order valence-electron chi connectivity index (χ0n) is 17.3. The standard InChI is InChI=1S/C22H16F2N4O6/c23-14-6-5-12(7-15(14)24)27-17(29)8-25-18(30)10-33-19(31)9-28-11-26-20-13-3-1-2-4-16(13)34-21(20)22(28)32/h1-7,11H,8-10H2,(H,25,30)(H,27,29). The van der Waals surface area contributed by atoms with Gasteiger partial charge in [0.15, 0.2) is 18.2 Å². The number of carbonyl (C=O) groups is 3. The molecule has 4 aromatic rings. The van der Waals surface area contributed by atoms with Gasteiger partial charge in [-0.05, 0) is 24.3 Å². The van der Waals surface area contributed by atoms with Gasteiger partial charge in [-0.2, -0.15) is 0 Å². The molecule has 0 radical (unpaired) electrons. The zero-order chi connectivity index (χ0) is 24.2. The number of hydrogen-bond acceptors (Lipinski definition) is 7. The summed E-state index contributed by atoms with van der Waals surface area (Å²) < 4.78 is 37.4. The van der Waals surface area contributed by atoms with Crippen LogP contribution in [0.4, 0.5) is 14.5 Å². The molecule has 2 N–H and O–H groups in total. The van der Waals surface area contributed by atoms with E-state index >= 15 is 0 Å². The number of nitrogens with one attached hydrogen (secondary N) is 2. The van der Waals surface area contributed by atoms with Crippen LogP contribution in [0.1, 0.15) is 0 Å². The fraction of sp³-hybridized carbons (Fsp3) is 0.136. The van der Waals surface area contributed by atoms with Gasteiger partial charge in [0.05, 0.1) is 12.9 Å². The summed E-state index contributed by atoms with van der Waals surface area (Å²) in [7, 11) is 0. The number of para-hydroxylation sites is 1. The average molecular weight is 470 g/mol. The molecule has 34 heavy (non-hydrogen) atoms. The Hall–Kier alpha value is -4.61. The predicted molar refractivity (Wildman–Crippen MR) is 115 cm³/mol. The van der Waals surface area contributed by atoms with Gasteiger partial charge in [-0.1, -0.05) is 12.1 Å². The summed E-state index contributed by atoms with van der Waals surface area (Å²) in [6.45, 7) is -1.71. The number of carbonyl (C=O) groups excluding carboxylic acids is 3. The molecule has 2 heterocycles. The summed E-state index contributed by atoms with van der Waals surface area (Å²) >= 11 is 0. The van der Waals surface area contributed by atoms with E-state index in [1.807, 2.05) is 0 Å². The smallest absolute Gasteiger partial charge is 0.326 e. The molecule has 12 heteroatoms. The third-order valence-electron chi connectivity index (χ3n) is 4.66. The lowest BCUT2D eigenvalue weighted by Gasteiger charge is -2.08. The highest BCUT2D eigenvalue weighted by molar-refractivity contribution is 6.01. The van der Waals surface area contributed by atoms with E-state index in [0.717, 1.165) is 22.8 Å². The van der Waals surface area contributed by atoms with E-state index in [-0.39, 0.29) is 11.3 Å². The van der Waals surface area contributed by atoms with Crippen molar-refractivity contribution in [3.05, 3.63) is 70.8 Å². The van der Waals surface area contributed by atoms with Crippen LogP contribution in [-0.2, 0) is 25.7 Å². The molecule has 2 amide bonds. The molecule has 0 saturated heterocycles. The first-order chi connectivity index (χ1) is 16.3. The quantitative estimate of drug-likeness (QED) is 0.393. The molecule has 10 nitrogen and oxygen atoms in total. The SMILES string of the molecule is O=C(COC(=O)Cn1cnc2c(oc3ccccc32)c1=O)NCC(=O)Nc1ccc(F)c(F)c1. The number of rotatable bonds is 7. The lowest BCUT2D eigenvalue weighted by Crippen LogP contribution is -2.36. The first-order valence-corrected chi connectivity index (χ1v) is 9.85. The number of esters is 1. The van der Waals surface area contributed by atoms with E-state index in [9.17, 15) is 28.0 Å². The monoisotopic (exact) mass is 470 g/mol. The van der Waals surface area contributed by atoms with Crippen LogP contribution in [0.5, 0.6) is 0 Å². The number of aromatic nitrogens is 2. The van der Waals surface area contributed by atoms with Gasteiger partial charge in [-0.25, -0.2) is 13.8 Å². The van der Waals surface area contributed by atoms with E-state index in [0.29, 0.717) is 16.5 Å². The minimum absolute atomic E-state index is 0.00468. The lowest BCUT2D eigenvalue weighted by molar-refractivity contribution is -0.149. The Kier molecular flexibility index (Phi) is 6.30. The summed E-state index contributed by atoms with van der Waals surface area (Å²) in [6.07, 6.45) is 1.18. The third kappa shape index (κ3) is 4.90. The van der Waals surface area contributed by atoms with Crippen molar-refractivity contribution in [2.75, 3.05) is 18.5 Å². The van der Waals surface area contributed by atoms with Crippen molar-refractivity contribution in [3.63, 3.8) is 0 Å². The number of halogens is 2. The van der Waals surface area contributed by atoms with Gasteiger partial charge in [0.1, 0.15) is 17.6 Å². The third-order valence-corrected chi connectivity index (χ3v) is 4.66. The fourth-order valence-electron chi connectivity index (χ4n) is 3.07. The number of furan rings is 1. The van der Waals surface area contributed by atoms with E-state index in [1.165, 1.54) is 6.33 Å². The molecule has 174 valence electrons. The van der Waals surface area contributed by atoms with Crippen LogP contribution < -0.4 is 16.2 Å². The van der Waals surface area contributed by atoms with Crippen LogP contribution >= 0.6 is 0 Å². The van der Waals surface area contributed by atoms with Crippen molar-refractivity contribution in [1.29, 1.82) is 0 Å². The van der Waals surface area contributed by atoms with Crippen LogP contribution in [0, 0.1) is 11.6 Å². The van der Waals surface area contributed by atoms with Crippen molar-refractivity contribution in [2.24, 2.45) is 0 Å². The molecule has 4 rings (SSSR count). The molecule has 0 aliphatic carbocycles. The van der Waals surface area contributed by atoms with Gasteiger partial charge in [0.25, 0.3) is 11.5 Å². The first kappa shape index (κ1) is 22.6. The van der Waals surface area contributed by atoms with Crippen LogP contribution in [0.2, 0.25) is 0 Å². The molecule has 2 aromatic carbocycles. The molecule has 2 aromatic heterocycles. The molecule has 0 fully saturated rings. The predicted octanol–water partition coefficient (Wildman–Crippen LogP) is 1.72. The molecule has 0 aliphatic rings.